The van der Waals surface area contributed by atoms with E-state index in [1.54, 1.807) is 6.20 Å². The summed E-state index contributed by atoms with van der Waals surface area (Å²) in [5, 5.41) is 6.04. The number of ether oxygens (including phenoxy) is 2. The molecule has 5 heteroatoms. The van der Waals surface area contributed by atoms with Gasteiger partial charge in [0, 0.05) is 11.6 Å². The second-order valence-corrected chi connectivity index (χ2v) is 6.33. The molecule has 0 fully saturated rings. The zero-order valence-electron chi connectivity index (χ0n) is 15.3. The summed E-state index contributed by atoms with van der Waals surface area (Å²) in [5.74, 6) is 1.19. The lowest BCUT2D eigenvalue weighted by atomic mass is 10.1. The molecule has 28 heavy (non-hydrogen) atoms. The van der Waals surface area contributed by atoms with Crippen molar-refractivity contribution in [3.8, 4) is 11.5 Å². The molecule has 0 saturated carbocycles. The van der Waals surface area contributed by atoms with Gasteiger partial charge in [0.15, 0.2) is 6.61 Å². The van der Waals surface area contributed by atoms with Crippen molar-refractivity contribution >= 4 is 27.6 Å². The van der Waals surface area contributed by atoms with E-state index < -0.39 is 0 Å². The Morgan fingerprint density at radius 1 is 0.857 bits per heavy atom. The largest absolute Gasteiger partial charge is 0.489 e. The molecule has 0 bridgehead atoms. The van der Waals surface area contributed by atoms with Crippen LogP contribution in [0.3, 0.4) is 0 Å². The summed E-state index contributed by atoms with van der Waals surface area (Å²) < 4.78 is 11.3. The van der Waals surface area contributed by atoms with Gasteiger partial charge in [-0.1, -0.05) is 48.5 Å². The molecule has 0 atom stereocenters. The Morgan fingerprint density at radius 3 is 2.61 bits per heavy atom. The molecule has 1 heterocycles. The fourth-order valence-corrected chi connectivity index (χ4v) is 3.00. The van der Waals surface area contributed by atoms with Crippen LogP contribution in [0.25, 0.3) is 21.7 Å². The van der Waals surface area contributed by atoms with Crippen LogP contribution in [-0.4, -0.2) is 30.6 Å². The van der Waals surface area contributed by atoms with Crippen LogP contribution in [0.15, 0.2) is 79.0 Å². The normalized spacial score (nSPS) is 10.7. The van der Waals surface area contributed by atoms with Gasteiger partial charge in [0.25, 0.3) is 5.91 Å². The number of hydrogen-bond acceptors (Lipinski definition) is 4. The first-order chi connectivity index (χ1) is 13.8. The van der Waals surface area contributed by atoms with Crippen molar-refractivity contribution in [1.82, 2.24) is 10.3 Å². The van der Waals surface area contributed by atoms with Crippen molar-refractivity contribution in [1.29, 1.82) is 0 Å². The maximum atomic E-state index is 12.0. The molecule has 0 aliphatic rings. The van der Waals surface area contributed by atoms with Gasteiger partial charge in [-0.15, -0.1) is 0 Å². The van der Waals surface area contributed by atoms with E-state index in [9.17, 15) is 4.79 Å². The van der Waals surface area contributed by atoms with E-state index in [0.717, 1.165) is 21.7 Å². The molecular formula is C23H20N2O3. The number of fused-ring (bicyclic) bond motifs is 2. The average molecular weight is 372 g/mol. The number of pyridine rings is 1. The lowest BCUT2D eigenvalue weighted by Gasteiger charge is -2.10. The van der Waals surface area contributed by atoms with Gasteiger partial charge in [-0.25, -0.2) is 0 Å². The van der Waals surface area contributed by atoms with Gasteiger partial charge in [0.2, 0.25) is 0 Å². The summed E-state index contributed by atoms with van der Waals surface area (Å²) in [6.45, 7) is 0.717. The van der Waals surface area contributed by atoms with Gasteiger partial charge >= 0.3 is 0 Å². The summed E-state index contributed by atoms with van der Waals surface area (Å²) in [4.78, 5) is 16.3. The number of benzene rings is 3. The molecule has 4 aromatic rings. The van der Waals surface area contributed by atoms with Crippen molar-refractivity contribution < 1.29 is 14.3 Å². The highest BCUT2D eigenvalue weighted by atomic mass is 16.5. The van der Waals surface area contributed by atoms with Crippen LogP contribution in [-0.2, 0) is 4.79 Å². The van der Waals surface area contributed by atoms with Gasteiger partial charge < -0.3 is 14.8 Å². The Hall–Kier alpha value is -3.60. The summed E-state index contributed by atoms with van der Waals surface area (Å²) in [5.41, 5.74) is 0.816. The van der Waals surface area contributed by atoms with E-state index in [4.69, 9.17) is 9.47 Å². The molecule has 1 aromatic heterocycles. The molecule has 5 nitrogen and oxygen atoms in total. The molecule has 0 unspecified atom stereocenters. The highest BCUT2D eigenvalue weighted by Crippen LogP contribution is 2.23. The monoisotopic (exact) mass is 372 g/mol. The van der Waals surface area contributed by atoms with Crippen LogP contribution in [0.5, 0.6) is 11.5 Å². The quantitative estimate of drug-likeness (QED) is 0.499. The first-order valence-corrected chi connectivity index (χ1v) is 9.14. The summed E-state index contributed by atoms with van der Waals surface area (Å²) >= 11 is 0. The molecule has 0 aliphatic heterocycles. The standard InChI is InChI=1S/C23H20N2O3/c26-22(16-28-20-11-10-17-5-1-2-6-19(17)15-20)24-13-14-27-21-9-3-7-18-8-4-12-25-23(18)21/h1-12,15H,13-14,16H2,(H,24,26). The van der Waals surface area contributed by atoms with Gasteiger partial charge in [-0.3, -0.25) is 9.78 Å². The van der Waals surface area contributed by atoms with E-state index in [1.807, 2.05) is 72.8 Å². The molecule has 0 spiro atoms. The Balaban J connectivity index is 1.24. The van der Waals surface area contributed by atoms with E-state index in [0.29, 0.717) is 24.7 Å². The fraction of sp³-hybridized carbons (Fsp3) is 0.130. The van der Waals surface area contributed by atoms with Crippen LogP contribution in [0, 0.1) is 0 Å². The lowest BCUT2D eigenvalue weighted by molar-refractivity contribution is -0.123. The molecule has 3 aromatic carbocycles. The van der Waals surface area contributed by atoms with E-state index >= 15 is 0 Å². The van der Waals surface area contributed by atoms with E-state index in [-0.39, 0.29) is 12.5 Å². The topological polar surface area (TPSA) is 60.5 Å². The van der Waals surface area contributed by atoms with Gasteiger partial charge in [-0.05, 0) is 35.0 Å². The predicted octanol–water partition coefficient (Wildman–Crippen LogP) is 3.96. The van der Waals surface area contributed by atoms with Crippen LogP contribution < -0.4 is 14.8 Å². The molecule has 0 saturated heterocycles. The number of aromatic nitrogens is 1. The van der Waals surface area contributed by atoms with Crippen LogP contribution >= 0.6 is 0 Å². The Labute approximate surface area is 162 Å². The average Bonchev–Trinajstić information content (AvgIpc) is 2.75. The fourth-order valence-electron chi connectivity index (χ4n) is 3.00. The second-order valence-electron chi connectivity index (χ2n) is 6.33. The zero-order valence-corrected chi connectivity index (χ0v) is 15.3. The zero-order chi connectivity index (χ0) is 19.2. The minimum Gasteiger partial charge on any atom is -0.489 e. The lowest BCUT2D eigenvalue weighted by Crippen LogP contribution is -2.32. The number of hydrogen-bond donors (Lipinski definition) is 1. The van der Waals surface area contributed by atoms with E-state index in [2.05, 4.69) is 10.3 Å². The van der Waals surface area contributed by atoms with Crippen LogP contribution in [0.1, 0.15) is 0 Å². The maximum Gasteiger partial charge on any atom is 0.258 e. The summed E-state index contributed by atoms with van der Waals surface area (Å²) in [6, 6.07) is 23.5. The number of carbonyl (C=O) groups is 1. The number of nitrogens with zero attached hydrogens (tertiary/aromatic N) is 1. The van der Waals surface area contributed by atoms with Crippen LogP contribution in [0.2, 0.25) is 0 Å². The molecule has 1 amide bonds. The maximum absolute atomic E-state index is 12.0. The molecular weight excluding hydrogens is 352 g/mol. The molecule has 0 aliphatic carbocycles. The van der Waals surface area contributed by atoms with Crippen molar-refractivity contribution in [2.75, 3.05) is 19.8 Å². The van der Waals surface area contributed by atoms with Crippen molar-refractivity contribution in [3.05, 3.63) is 79.0 Å². The third kappa shape index (κ3) is 4.20. The second kappa shape index (κ2) is 8.39. The van der Waals surface area contributed by atoms with Gasteiger partial charge in [0.1, 0.15) is 23.6 Å². The first-order valence-electron chi connectivity index (χ1n) is 9.14. The predicted molar refractivity (Wildman–Crippen MR) is 110 cm³/mol. The third-order valence-electron chi connectivity index (χ3n) is 4.37. The molecule has 4 rings (SSSR count). The number of rotatable bonds is 7. The number of nitrogens with one attached hydrogen (secondary N) is 1. The Kier molecular flexibility index (Phi) is 5.33. The smallest absolute Gasteiger partial charge is 0.258 e. The SMILES string of the molecule is O=C(COc1ccc2ccccc2c1)NCCOc1cccc2cccnc12. The molecule has 0 radical (unpaired) electrons. The van der Waals surface area contributed by atoms with E-state index in [1.165, 1.54) is 0 Å². The molecule has 1 N–H and O–H groups in total. The highest BCUT2D eigenvalue weighted by Gasteiger charge is 2.05. The highest BCUT2D eigenvalue weighted by molar-refractivity contribution is 5.85. The van der Waals surface area contributed by atoms with Crippen molar-refractivity contribution in [2.24, 2.45) is 0 Å². The number of carbonyl (C=O) groups excluding carboxylic acids is 1. The summed E-state index contributed by atoms with van der Waals surface area (Å²) in [7, 11) is 0. The Morgan fingerprint density at radius 2 is 1.68 bits per heavy atom. The minimum atomic E-state index is -0.187. The third-order valence-corrected chi connectivity index (χ3v) is 4.37. The summed E-state index contributed by atoms with van der Waals surface area (Å²) in [6.07, 6.45) is 1.74. The van der Waals surface area contributed by atoms with Gasteiger partial charge in [-0.2, -0.15) is 0 Å². The number of amides is 1. The minimum absolute atomic E-state index is 0.0336. The van der Waals surface area contributed by atoms with Crippen LogP contribution in [0.4, 0.5) is 0 Å². The first kappa shape index (κ1) is 17.8. The van der Waals surface area contributed by atoms with Crippen molar-refractivity contribution in [2.45, 2.75) is 0 Å². The Bertz CT molecular complexity index is 1110. The van der Waals surface area contributed by atoms with Gasteiger partial charge in [0.05, 0.1) is 6.54 Å². The molecule has 140 valence electrons. The number of para-hydroxylation sites is 1. The van der Waals surface area contributed by atoms with Crippen molar-refractivity contribution in [3.63, 3.8) is 0 Å².